The third kappa shape index (κ3) is 2.21. The summed E-state index contributed by atoms with van der Waals surface area (Å²) < 4.78 is 0. The van der Waals surface area contributed by atoms with Gasteiger partial charge < -0.3 is 5.32 Å². The summed E-state index contributed by atoms with van der Waals surface area (Å²) in [4.78, 5) is 1.45. The zero-order chi connectivity index (χ0) is 10.8. The lowest BCUT2D eigenvalue weighted by atomic mass is 9.94. The summed E-state index contributed by atoms with van der Waals surface area (Å²) >= 11 is 1.87. The van der Waals surface area contributed by atoms with Crippen molar-refractivity contribution in [3.63, 3.8) is 0 Å². The molecule has 0 unspecified atom stereocenters. The first-order valence-corrected chi connectivity index (χ1v) is 6.85. The van der Waals surface area contributed by atoms with Gasteiger partial charge in [-0.1, -0.05) is 19.9 Å². The van der Waals surface area contributed by atoms with Crippen molar-refractivity contribution in [3.05, 3.63) is 28.8 Å². The molecule has 0 saturated carbocycles. The minimum absolute atomic E-state index is 0.632. The fraction of sp³-hybridized carbons (Fsp3) is 0.538. The Kier molecular flexibility index (Phi) is 3.37. The fourth-order valence-corrected chi connectivity index (χ4v) is 2.95. The third-order valence-corrected chi connectivity index (χ3v) is 3.85. The number of fused-ring (bicyclic) bond motifs is 1. The van der Waals surface area contributed by atoms with E-state index in [1.54, 1.807) is 5.56 Å². The summed E-state index contributed by atoms with van der Waals surface area (Å²) in [7, 11) is 0. The lowest BCUT2D eigenvalue weighted by Gasteiger charge is -2.21. The van der Waals surface area contributed by atoms with Crippen molar-refractivity contribution in [2.45, 2.75) is 37.6 Å². The van der Waals surface area contributed by atoms with Crippen LogP contribution in [0.2, 0.25) is 0 Å². The molecule has 0 amide bonds. The topological polar surface area (TPSA) is 12.0 Å². The standard InChI is InChI=1S/C13H19NS/c1-9(2)12-6-10-4-5-14-8-11(10)7-13(12)15-3/h6-7,9,14H,4-5,8H2,1-3H3. The zero-order valence-electron chi connectivity index (χ0n) is 9.76. The molecule has 1 nitrogen and oxygen atoms in total. The van der Waals surface area contributed by atoms with Crippen LogP contribution in [-0.2, 0) is 13.0 Å². The van der Waals surface area contributed by atoms with Crippen molar-refractivity contribution >= 4 is 11.8 Å². The molecule has 1 aromatic carbocycles. The van der Waals surface area contributed by atoms with E-state index < -0.39 is 0 Å². The van der Waals surface area contributed by atoms with Crippen LogP contribution in [0.3, 0.4) is 0 Å². The monoisotopic (exact) mass is 221 g/mol. The number of benzene rings is 1. The molecule has 0 aromatic heterocycles. The van der Waals surface area contributed by atoms with Gasteiger partial charge in [0.15, 0.2) is 0 Å². The van der Waals surface area contributed by atoms with Crippen molar-refractivity contribution < 1.29 is 0 Å². The number of thioether (sulfide) groups is 1. The maximum Gasteiger partial charge on any atom is 0.0208 e. The SMILES string of the molecule is CSc1cc2c(cc1C(C)C)CCNC2. The van der Waals surface area contributed by atoms with E-state index in [1.807, 2.05) is 11.8 Å². The predicted molar refractivity (Wildman–Crippen MR) is 67.7 cm³/mol. The summed E-state index contributed by atoms with van der Waals surface area (Å²) in [6, 6.07) is 4.80. The van der Waals surface area contributed by atoms with Gasteiger partial charge in [-0.2, -0.15) is 0 Å². The Hall–Kier alpha value is -0.470. The lowest BCUT2D eigenvalue weighted by Crippen LogP contribution is -2.23. The van der Waals surface area contributed by atoms with Gasteiger partial charge in [-0.05, 0) is 47.9 Å². The van der Waals surface area contributed by atoms with E-state index in [4.69, 9.17) is 0 Å². The first-order chi connectivity index (χ1) is 7.22. The van der Waals surface area contributed by atoms with Crippen LogP contribution in [0.4, 0.5) is 0 Å². The van der Waals surface area contributed by atoms with Gasteiger partial charge >= 0.3 is 0 Å². The molecule has 0 spiro atoms. The number of nitrogens with one attached hydrogen (secondary N) is 1. The van der Waals surface area contributed by atoms with Gasteiger partial charge in [0.2, 0.25) is 0 Å². The summed E-state index contributed by atoms with van der Waals surface area (Å²) in [5, 5.41) is 3.43. The van der Waals surface area contributed by atoms with Crippen molar-refractivity contribution in [1.29, 1.82) is 0 Å². The first kappa shape index (κ1) is 11.0. The summed E-state index contributed by atoms with van der Waals surface area (Å²) in [5.41, 5.74) is 4.56. The van der Waals surface area contributed by atoms with Crippen molar-refractivity contribution in [1.82, 2.24) is 5.32 Å². The zero-order valence-corrected chi connectivity index (χ0v) is 10.6. The summed E-state index contributed by atoms with van der Waals surface area (Å²) in [5.74, 6) is 0.632. The maximum atomic E-state index is 3.43. The normalized spacial score (nSPS) is 15.5. The largest absolute Gasteiger partial charge is 0.312 e. The van der Waals surface area contributed by atoms with E-state index in [-0.39, 0.29) is 0 Å². The van der Waals surface area contributed by atoms with Crippen LogP contribution in [0.5, 0.6) is 0 Å². The molecule has 0 atom stereocenters. The highest BCUT2D eigenvalue weighted by atomic mass is 32.2. The Bertz CT molecular complexity index is 358. The smallest absolute Gasteiger partial charge is 0.0208 e. The van der Waals surface area contributed by atoms with Crippen LogP contribution in [0.1, 0.15) is 36.5 Å². The van der Waals surface area contributed by atoms with Gasteiger partial charge in [-0.25, -0.2) is 0 Å². The average Bonchev–Trinajstić information content (AvgIpc) is 2.27. The highest BCUT2D eigenvalue weighted by molar-refractivity contribution is 7.98. The summed E-state index contributed by atoms with van der Waals surface area (Å²) in [6.45, 7) is 6.73. The Morgan fingerprint density at radius 3 is 2.73 bits per heavy atom. The molecule has 1 heterocycles. The van der Waals surface area contributed by atoms with Crippen LogP contribution in [-0.4, -0.2) is 12.8 Å². The minimum atomic E-state index is 0.632. The van der Waals surface area contributed by atoms with Crippen molar-refractivity contribution in [3.8, 4) is 0 Å². The van der Waals surface area contributed by atoms with E-state index in [1.165, 1.54) is 22.4 Å². The third-order valence-electron chi connectivity index (χ3n) is 3.06. The molecule has 1 aromatic rings. The van der Waals surface area contributed by atoms with Crippen LogP contribution < -0.4 is 5.32 Å². The molecule has 1 N–H and O–H groups in total. The maximum absolute atomic E-state index is 3.43. The molecule has 82 valence electrons. The quantitative estimate of drug-likeness (QED) is 0.770. The van der Waals surface area contributed by atoms with Gasteiger partial charge in [0.25, 0.3) is 0 Å². The average molecular weight is 221 g/mol. The molecule has 2 heteroatoms. The van der Waals surface area contributed by atoms with Crippen molar-refractivity contribution in [2.24, 2.45) is 0 Å². The Morgan fingerprint density at radius 1 is 1.27 bits per heavy atom. The number of hydrogen-bond donors (Lipinski definition) is 1. The van der Waals surface area contributed by atoms with Crippen molar-refractivity contribution in [2.75, 3.05) is 12.8 Å². The second kappa shape index (κ2) is 4.58. The molecular weight excluding hydrogens is 202 g/mol. The Labute approximate surface area is 96.7 Å². The molecular formula is C13H19NS. The predicted octanol–water partition coefficient (Wildman–Crippen LogP) is 3.18. The highest BCUT2D eigenvalue weighted by Gasteiger charge is 2.14. The molecule has 1 aliphatic rings. The van der Waals surface area contributed by atoms with E-state index in [0.29, 0.717) is 5.92 Å². The molecule has 0 fully saturated rings. The van der Waals surface area contributed by atoms with E-state index in [9.17, 15) is 0 Å². The van der Waals surface area contributed by atoms with Crippen LogP contribution in [0.15, 0.2) is 17.0 Å². The van der Waals surface area contributed by atoms with E-state index >= 15 is 0 Å². The number of hydrogen-bond acceptors (Lipinski definition) is 2. The van der Waals surface area contributed by atoms with Gasteiger partial charge in [0.05, 0.1) is 0 Å². The van der Waals surface area contributed by atoms with Crippen LogP contribution >= 0.6 is 11.8 Å². The van der Waals surface area contributed by atoms with Gasteiger partial charge in [0, 0.05) is 11.4 Å². The van der Waals surface area contributed by atoms with Gasteiger partial charge in [-0.15, -0.1) is 11.8 Å². The fourth-order valence-electron chi connectivity index (χ4n) is 2.16. The number of rotatable bonds is 2. The second-order valence-electron chi connectivity index (χ2n) is 4.44. The van der Waals surface area contributed by atoms with E-state index in [2.05, 4.69) is 37.6 Å². The second-order valence-corrected chi connectivity index (χ2v) is 5.29. The van der Waals surface area contributed by atoms with Gasteiger partial charge in [-0.3, -0.25) is 0 Å². The Morgan fingerprint density at radius 2 is 2.07 bits per heavy atom. The first-order valence-electron chi connectivity index (χ1n) is 5.62. The molecule has 0 radical (unpaired) electrons. The Balaban J connectivity index is 2.46. The van der Waals surface area contributed by atoms with Gasteiger partial charge in [0.1, 0.15) is 0 Å². The lowest BCUT2D eigenvalue weighted by molar-refractivity contribution is 0.639. The minimum Gasteiger partial charge on any atom is -0.312 e. The molecule has 1 aliphatic heterocycles. The summed E-state index contributed by atoms with van der Waals surface area (Å²) in [6.07, 6.45) is 3.35. The van der Waals surface area contributed by atoms with Crippen LogP contribution in [0, 0.1) is 0 Å². The highest BCUT2D eigenvalue weighted by Crippen LogP contribution is 2.31. The molecule has 2 rings (SSSR count). The van der Waals surface area contributed by atoms with E-state index in [0.717, 1.165) is 13.1 Å². The molecule has 0 bridgehead atoms. The van der Waals surface area contributed by atoms with Crippen LogP contribution in [0.25, 0.3) is 0 Å². The molecule has 0 aliphatic carbocycles. The molecule has 0 saturated heterocycles. The molecule has 15 heavy (non-hydrogen) atoms.